The Morgan fingerprint density at radius 1 is 1.21 bits per heavy atom. The molecular weight excluding hydrogens is 238 g/mol. The van der Waals surface area contributed by atoms with Crippen molar-refractivity contribution in [3.8, 4) is 5.75 Å². The highest BCUT2D eigenvalue weighted by molar-refractivity contribution is 5.31. The Labute approximate surface area is 113 Å². The molecule has 0 bridgehead atoms. The number of hydrogen-bond acceptors (Lipinski definition) is 3. The Morgan fingerprint density at radius 2 is 2.05 bits per heavy atom. The normalized spacial score (nSPS) is 12.4. The van der Waals surface area contributed by atoms with Crippen LogP contribution in [0.5, 0.6) is 5.75 Å². The molecule has 0 radical (unpaired) electrons. The van der Waals surface area contributed by atoms with Gasteiger partial charge in [-0.2, -0.15) is 0 Å². The van der Waals surface area contributed by atoms with Crippen molar-refractivity contribution in [1.82, 2.24) is 4.98 Å². The summed E-state index contributed by atoms with van der Waals surface area (Å²) >= 11 is 0. The maximum absolute atomic E-state index is 10.2. The van der Waals surface area contributed by atoms with E-state index in [9.17, 15) is 5.11 Å². The van der Waals surface area contributed by atoms with E-state index >= 15 is 0 Å². The van der Waals surface area contributed by atoms with E-state index in [0.29, 0.717) is 6.42 Å². The molecule has 100 valence electrons. The molecule has 19 heavy (non-hydrogen) atoms. The van der Waals surface area contributed by atoms with Crippen LogP contribution in [0.15, 0.2) is 48.8 Å². The van der Waals surface area contributed by atoms with Gasteiger partial charge in [0.1, 0.15) is 5.75 Å². The van der Waals surface area contributed by atoms with E-state index in [1.54, 1.807) is 12.4 Å². The highest BCUT2D eigenvalue weighted by atomic mass is 16.5. The molecule has 0 aliphatic rings. The molecule has 2 aromatic rings. The summed E-state index contributed by atoms with van der Waals surface area (Å²) in [6, 6.07) is 11.4. The van der Waals surface area contributed by atoms with Crippen LogP contribution in [0.2, 0.25) is 0 Å². The van der Waals surface area contributed by atoms with Gasteiger partial charge in [0.2, 0.25) is 0 Å². The molecule has 1 aromatic heterocycles. The molecule has 1 N–H and O–H groups in total. The quantitative estimate of drug-likeness (QED) is 0.894. The first-order valence-corrected chi connectivity index (χ1v) is 6.48. The Kier molecular flexibility index (Phi) is 4.53. The van der Waals surface area contributed by atoms with Crippen molar-refractivity contribution in [3.05, 3.63) is 59.9 Å². The van der Waals surface area contributed by atoms with E-state index in [-0.39, 0.29) is 6.10 Å². The smallest absolute Gasteiger partial charge is 0.120 e. The third-order valence-electron chi connectivity index (χ3n) is 2.77. The van der Waals surface area contributed by atoms with Gasteiger partial charge in [0.15, 0.2) is 0 Å². The molecule has 0 spiro atoms. The van der Waals surface area contributed by atoms with Crippen molar-refractivity contribution in [1.29, 1.82) is 0 Å². The molecule has 1 atom stereocenters. The fraction of sp³-hybridized carbons (Fsp3) is 0.312. The maximum Gasteiger partial charge on any atom is 0.120 e. The molecule has 3 heteroatoms. The van der Waals surface area contributed by atoms with Crippen LogP contribution in [0.3, 0.4) is 0 Å². The minimum atomic E-state index is -0.542. The lowest BCUT2D eigenvalue weighted by Gasteiger charge is -2.14. The Balaban J connectivity index is 2.08. The van der Waals surface area contributed by atoms with Crippen LogP contribution < -0.4 is 4.74 Å². The molecule has 0 aliphatic heterocycles. The second kappa shape index (κ2) is 6.34. The van der Waals surface area contributed by atoms with Crippen LogP contribution in [-0.2, 0) is 6.42 Å². The average molecular weight is 257 g/mol. The molecular formula is C16H19NO2. The predicted molar refractivity (Wildman–Crippen MR) is 75.1 cm³/mol. The van der Waals surface area contributed by atoms with Crippen molar-refractivity contribution in [2.45, 2.75) is 32.5 Å². The monoisotopic (exact) mass is 257 g/mol. The molecule has 0 saturated heterocycles. The number of rotatable bonds is 5. The van der Waals surface area contributed by atoms with Gasteiger partial charge < -0.3 is 9.84 Å². The van der Waals surface area contributed by atoms with Crippen LogP contribution in [-0.4, -0.2) is 16.2 Å². The number of pyridine rings is 1. The number of nitrogens with zero attached hydrogens (tertiary/aromatic N) is 1. The van der Waals surface area contributed by atoms with Gasteiger partial charge >= 0.3 is 0 Å². The average Bonchev–Trinajstić information content (AvgIpc) is 2.39. The van der Waals surface area contributed by atoms with Crippen LogP contribution in [0.1, 0.15) is 31.1 Å². The lowest BCUT2D eigenvalue weighted by atomic mass is 10.0. The predicted octanol–water partition coefficient (Wildman–Crippen LogP) is 3.14. The van der Waals surface area contributed by atoms with Crippen LogP contribution in [0.25, 0.3) is 0 Å². The van der Waals surface area contributed by atoms with Gasteiger partial charge in [-0.05, 0) is 43.2 Å². The van der Waals surface area contributed by atoms with E-state index in [1.165, 1.54) is 0 Å². The van der Waals surface area contributed by atoms with Gasteiger partial charge in [0, 0.05) is 18.8 Å². The van der Waals surface area contributed by atoms with Gasteiger partial charge in [-0.1, -0.05) is 18.2 Å². The second-order valence-corrected chi connectivity index (χ2v) is 4.82. The molecule has 0 saturated carbocycles. The molecule has 1 aromatic carbocycles. The van der Waals surface area contributed by atoms with E-state index in [0.717, 1.165) is 16.9 Å². The summed E-state index contributed by atoms with van der Waals surface area (Å²) in [5.41, 5.74) is 1.88. The van der Waals surface area contributed by atoms with Gasteiger partial charge in [-0.15, -0.1) is 0 Å². The Morgan fingerprint density at radius 3 is 2.74 bits per heavy atom. The first kappa shape index (κ1) is 13.6. The topological polar surface area (TPSA) is 42.4 Å². The van der Waals surface area contributed by atoms with E-state index < -0.39 is 6.10 Å². The number of benzene rings is 1. The minimum absolute atomic E-state index is 0.130. The zero-order chi connectivity index (χ0) is 13.7. The summed E-state index contributed by atoms with van der Waals surface area (Å²) in [7, 11) is 0. The fourth-order valence-corrected chi connectivity index (χ4v) is 1.93. The van der Waals surface area contributed by atoms with Crippen molar-refractivity contribution in [2.75, 3.05) is 0 Å². The van der Waals surface area contributed by atoms with E-state index in [2.05, 4.69) is 4.98 Å². The van der Waals surface area contributed by atoms with Crippen molar-refractivity contribution >= 4 is 0 Å². The summed E-state index contributed by atoms with van der Waals surface area (Å²) in [4.78, 5) is 4.05. The minimum Gasteiger partial charge on any atom is -0.491 e. The molecule has 1 unspecified atom stereocenters. The standard InChI is InChI=1S/C16H19NO2/c1-12(2)19-15-7-3-6-14(10-15)16(18)9-13-5-4-8-17-11-13/h3-8,10-12,16,18H,9H2,1-2H3. The Hall–Kier alpha value is -1.87. The third kappa shape index (κ3) is 4.07. The van der Waals surface area contributed by atoms with Crippen molar-refractivity contribution in [2.24, 2.45) is 0 Å². The lowest BCUT2D eigenvalue weighted by molar-refractivity contribution is 0.177. The summed E-state index contributed by atoms with van der Waals surface area (Å²) in [6.45, 7) is 3.97. The SMILES string of the molecule is CC(C)Oc1cccc(C(O)Cc2cccnc2)c1. The summed E-state index contributed by atoms with van der Waals surface area (Å²) in [5, 5.41) is 10.2. The van der Waals surface area contributed by atoms with Crippen molar-refractivity contribution < 1.29 is 9.84 Å². The largest absolute Gasteiger partial charge is 0.491 e. The molecule has 0 aliphatic carbocycles. The zero-order valence-corrected chi connectivity index (χ0v) is 11.3. The van der Waals surface area contributed by atoms with E-state index in [1.807, 2.05) is 50.2 Å². The van der Waals surface area contributed by atoms with Gasteiger partial charge in [-0.25, -0.2) is 0 Å². The van der Waals surface area contributed by atoms with Crippen LogP contribution in [0, 0.1) is 0 Å². The van der Waals surface area contributed by atoms with Gasteiger partial charge in [-0.3, -0.25) is 4.98 Å². The molecule has 1 heterocycles. The first-order chi connectivity index (χ1) is 9.15. The molecule has 0 amide bonds. The Bertz CT molecular complexity index is 511. The number of aliphatic hydroxyl groups excluding tert-OH is 1. The number of aromatic nitrogens is 1. The third-order valence-corrected chi connectivity index (χ3v) is 2.77. The van der Waals surface area contributed by atoms with Crippen LogP contribution in [0.4, 0.5) is 0 Å². The van der Waals surface area contributed by atoms with Gasteiger partial charge in [0.25, 0.3) is 0 Å². The second-order valence-electron chi connectivity index (χ2n) is 4.82. The zero-order valence-electron chi connectivity index (χ0n) is 11.3. The lowest BCUT2D eigenvalue weighted by Crippen LogP contribution is -2.07. The number of aliphatic hydroxyl groups is 1. The molecule has 2 rings (SSSR count). The highest BCUT2D eigenvalue weighted by Crippen LogP contribution is 2.22. The van der Waals surface area contributed by atoms with Crippen LogP contribution >= 0.6 is 0 Å². The molecule has 0 fully saturated rings. The van der Waals surface area contributed by atoms with E-state index in [4.69, 9.17) is 4.74 Å². The fourth-order valence-electron chi connectivity index (χ4n) is 1.93. The first-order valence-electron chi connectivity index (χ1n) is 6.48. The maximum atomic E-state index is 10.2. The summed E-state index contributed by atoms with van der Waals surface area (Å²) in [6.07, 6.45) is 3.65. The molecule has 3 nitrogen and oxygen atoms in total. The summed E-state index contributed by atoms with van der Waals surface area (Å²) in [5.74, 6) is 0.790. The number of hydrogen-bond donors (Lipinski definition) is 1. The summed E-state index contributed by atoms with van der Waals surface area (Å²) < 4.78 is 5.63. The highest BCUT2D eigenvalue weighted by Gasteiger charge is 2.10. The number of ether oxygens (including phenoxy) is 1. The van der Waals surface area contributed by atoms with Gasteiger partial charge in [0.05, 0.1) is 12.2 Å². The van der Waals surface area contributed by atoms with Crippen molar-refractivity contribution in [3.63, 3.8) is 0 Å².